The van der Waals surface area contributed by atoms with Crippen LogP contribution in [-0.2, 0) is 14.8 Å². The monoisotopic (exact) mass is 395 g/mol. The molecular formula is C19H29N3O4S. The molecule has 150 valence electrons. The molecule has 0 saturated carbocycles. The summed E-state index contributed by atoms with van der Waals surface area (Å²) in [5.74, 6) is -0.612. The molecule has 0 radical (unpaired) electrons. The van der Waals surface area contributed by atoms with Gasteiger partial charge in [-0.25, -0.2) is 12.7 Å². The minimum absolute atomic E-state index is 0.0488. The highest BCUT2D eigenvalue weighted by molar-refractivity contribution is 7.88. The Hall–Kier alpha value is -1.93. The average Bonchev–Trinajstić information content (AvgIpc) is 2.65. The van der Waals surface area contributed by atoms with Crippen molar-refractivity contribution < 1.29 is 18.0 Å². The first kappa shape index (κ1) is 21.4. The van der Waals surface area contributed by atoms with Crippen molar-refractivity contribution in [3.05, 3.63) is 35.9 Å². The summed E-state index contributed by atoms with van der Waals surface area (Å²) in [6, 6.07) is 7.85. The van der Waals surface area contributed by atoms with E-state index in [9.17, 15) is 18.0 Å². The van der Waals surface area contributed by atoms with Crippen LogP contribution in [0.3, 0.4) is 0 Å². The van der Waals surface area contributed by atoms with Crippen LogP contribution in [0.1, 0.15) is 43.5 Å². The van der Waals surface area contributed by atoms with E-state index < -0.39 is 16.1 Å². The van der Waals surface area contributed by atoms with Gasteiger partial charge in [-0.05, 0) is 30.9 Å². The number of nitrogens with zero attached hydrogens (tertiary/aromatic N) is 1. The first-order valence-electron chi connectivity index (χ1n) is 9.33. The number of nitrogens with one attached hydrogen (secondary N) is 2. The molecule has 3 atom stereocenters. The van der Waals surface area contributed by atoms with Crippen molar-refractivity contribution >= 4 is 21.8 Å². The number of amides is 2. The number of rotatable bonds is 7. The fourth-order valence-electron chi connectivity index (χ4n) is 3.17. The molecule has 1 fully saturated rings. The third kappa shape index (κ3) is 6.04. The zero-order valence-corrected chi connectivity index (χ0v) is 17.0. The number of hydrogen-bond acceptors (Lipinski definition) is 4. The van der Waals surface area contributed by atoms with Gasteiger partial charge in [0.15, 0.2) is 0 Å². The molecule has 1 aromatic rings. The Labute approximate surface area is 161 Å². The highest BCUT2D eigenvalue weighted by atomic mass is 32.2. The van der Waals surface area contributed by atoms with Crippen LogP contribution < -0.4 is 10.6 Å². The number of hydrogen-bond donors (Lipinski definition) is 2. The summed E-state index contributed by atoms with van der Waals surface area (Å²) in [5, 5.41) is 5.77. The maximum Gasteiger partial charge on any atom is 0.251 e. The van der Waals surface area contributed by atoms with Crippen LogP contribution in [0.2, 0.25) is 0 Å². The van der Waals surface area contributed by atoms with Crippen LogP contribution in [0, 0.1) is 5.92 Å². The Bertz CT molecular complexity index is 751. The molecular weight excluding hydrogens is 366 g/mol. The van der Waals surface area contributed by atoms with E-state index in [2.05, 4.69) is 10.6 Å². The molecule has 0 aromatic heterocycles. The van der Waals surface area contributed by atoms with Crippen LogP contribution in [-0.4, -0.2) is 56.0 Å². The van der Waals surface area contributed by atoms with E-state index in [0.29, 0.717) is 18.5 Å². The SMILES string of the molecule is CCC(C)C(NC(=O)c1ccccc1)C(=O)NC1CCCN(S(C)(=O)=O)C1. The van der Waals surface area contributed by atoms with Crippen molar-refractivity contribution in [2.24, 2.45) is 5.92 Å². The molecule has 2 N–H and O–H groups in total. The quantitative estimate of drug-likeness (QED) is 0.729. The van der Waals surface area contributed by atoms with E-state index in [4.69, 9.17) is 0 Å². The van der Waals surface area contributed by atoms with Gasteiger partial charge in [0.2, 0.25) is 15.9 Å². The van der Waals surface area contributed by atoms with Crippen LogP contribution >= 0.6 is 0 Å². The molecule has 0 aliphatic carbocycles. The molecule has 0 bridgehead atoms. The summed E-state index contributed by atoms with van der Waals surface area (Å²) < 4.78 is 24.9. The van der Waals surface area contributed by atoms with Crippen molar-refractivity contribution in [1.29, 1.82) is 0 Å². The van der Waals surface area contributed by atoms with Gasteiger partial charge in [0.25, 0.3) is 5.91 Å². The normalized spacial score (nSPS) is 20.5. The highest BCUT2D eigenvalue weighted by Crippen LogP contribution is 2.15. The molecule has 1 aromatic carbocycles. The topological polar surface area (TPSA) is 95.6 Å². The van der Waals surface area contributed by atoms with Gasteiger partial charge in [-0.15, -0.1) is 0 Å². The van der Waals surface area contributed by atoms with E-state index in [1.54, 1.807) is 24.3 Å². The van der Waals surface area contributed by atoms with Gasteiger partial charge in [0.1, 0.15) is 6.04 Å². The molecule has 1 aliphatic rings. The third-order valence-electron chi connectivity index (χ3n) is 5.02. The Morgan fingerprint density at radius 3 is 2.52 bits per heavy atom. The zero-order valence-electron chi connectivity index (χ0n) is 16.1. The second-order valence-electron chi connectivity index (χ2n) is 7.17. The first-order valence-corrected chi connectivity index (χ1v) is 11.2. The molecule has 1 aliphatic heterocycles. The number of carbonyl (C=O) groups excluding carboxylic acids is 2. The Morgan fingerprint density at radius 2 is 1.93 bits per heavy atom. The minimum atomic E-state index is -3.28. The smallest absolute Gasteiger partial charge is 0.251 e. The molecule has 27 heavy (non-hydrogen) atoms. The van der Waals surface area contributed by atoms with E-state index >= 15 is 0 Å². The standard InChI is InChI=1S/C19H29N3O4S/c1-4-14(2)17(21-18(23)15-9-6-5-7-10-15)19(24)20-16-11-8-12-22(13-16)27(3,25)26/h5-7,9-10,14,16-17H,4,8,11-13H2,1-3H3,(H,20,24)(H,21,23). The lowest BCUT2D eigenvalue weighted by Gasteiger charge is -2.33. The lowest BCUT2D eigenvalue weighted by molar-refractivity contribution is -0.125. The van der Waals surface area contributed by atoms with E-state index in [0.717, 1.165) is 12.8 Å². The van der Waals surface area contributed by atoms with Crippen molar-refractivity contribution in [1.82, 2.24) is 14.9 Å². The van der Waals surface area contributed by atoms with Crippen LogP contribution in [0.25, 0.3) is 0 Å². The second kappa shape index (κ2) is 9.32. The third-order valence-corrected chi connectivity index (χ3v) is 6.29. The fourth-order valence-corrected chi connectivity index (χ4v) is 4.08. The van der Waals surface area contributed by atoms with Crippen molar-refractivity contribution in [2.45, 2.75) is 45.2 Å². The van der Waals surface area contributed by atoms with Crippen LogP contribution in [0.15, 0.2) is 30.3 Å². The predicted octanol–water partition coefficient (Wildman–Crippen LogP) is 1.37. The maximum atomic E-state index is 12.8. The summed E-state index contributed by atoms with van der Waals surface area (Å²) in [5.41, 5.74) is 0.500. The number of piperidine rings is 1. The lowest BCUT2D eigenvalue weighted by atomic mass is 9.97. The number of carbonyl (C=O) groups is 2. The van der Waals surface area contributed by atoms with E-state index in [1.807, 2.05) is 19.9 Å². The summed E-state index contributed by atoms with van der Waals surface area (Å²) in [6.07, 6.45) is 3.33. The molecule has 2 rings (SSSR count). The van der Waals surface area contributed by atoms with Gasteiger partial charge in [-0.1, -0.05) is 38.5 Å². The predicted molar refractivity (Wildman–Crippen MR) is 105 cm³/mol. The first-order chi connectivity index (χ1) is 12.7. The minimum Gasteiger partial charge on any atom is -0.350 e. The molecule has 7 nitrogen and oxygen atoms in total. The largest absolute Gasteiger partial charge is 0.350 e. The molecule has 2 amide bonds. The molecule has 3 unspecified atom stereocenters. The van der Waals surface area contributed by atoms with Gasteiger partial charge >= 0.3 is 0 Å². The van der Waals surface area contributed by atoms with Crippen LogP contribution in [0.5, 0.6) is 0 Å². The highest BCUT2D eigenvalue weighted by Gasteiger charge is 2.31. The van der Waals surface area contributed by atoms with Gasteiger partial charge < -0.3 is 10.6 Å². The molecule has 0 spiro atoms. The summed E-state index contributed by atoms with van der Waals surface area (Å²) in [7, 11) is -3.28. The van der Waals surface area contributed by atoms with Gasteiger partial charge in [-0.2, -0.15) is 0 Å². The van der Waals surface area contributed by atoms with E-state index in [-0.39, 0.29) is 30.3 Å². The summed E-state index contributed by atoms with van der Waals surface area (Å²) in [6.45, 7) is 4.62. The number of benzene rings is 1. The van der Waals surface area contributed by atoms with Crippen LogP contribution in [0.4, 0.5) is 0 Å². The molecule has 8 heteroatoms. The zero-order chi connectivity index (χ0) is 20.0. The van der Waals surface area contributed by atoms with Crippen molar-refractivity contribution in [3.8, 4) is 0 Å². The van der Waals surface area contributed by atoms with Gasteiger partial charge in [-0.3, -0.25) is 9.59 Å². The number of sulfonamides is 1. The second-order valence-corrected chi connectivity index (χ2v) is 9.15. The fraction of sp³-hybridized carbons (Fsp3) is 0.579. The summed E-state index contributed by atoms with van der Waals surface area (Å²) in [4.78, 5) is 25.3. The lowest BCUT2D eigenvalue weighted by Crippen LogP contribution is -2.56. The summed E-state index contributed by atoms with van der Waals surface area (Å²) >= 11 is 0. The maximum absolute atomic E-state index is 12.8. The van der Waals surface area contributed by atoms with Gasteiger partial charge in [0, 0.05) is 24.7 Å². The van der Waals surface area contributed by atoms with Gasteiger partial charge in [0.05, 0.1) is 6.26 Å². The van der Waals surface area contributed by atoms with E-state index in [1.165, 1.54) is 10.6 Å². The molecule has 1 saturated heterocycles. The average molecular weight is 396 g/mol. The Morgan fingerprint density at radius 1 is 1.26 bits per heavy atom. The Balaban J connectivity index is 2.05. The van der Waals surface area contributed by atoms with Crippen molar-refractivity contribution in [2.75, 3.05) is 19.3 Å². The molecule has 1 heterocycles. The van der Waals surface area contributed by atoms with Crippen molar-refractivity contribution in [3.63, 3.8) is 0 Å². The Kier molecular flexibility index (Phi) is 7.38.